The molecule has 0 saturated carbocycles. The summed E-state index contributed by atoms with van der Waals surface area (Å²) in [7, 11) is 0. The lowest BCUT2D eigenvalue weighted by Gasteiger charge is -2.13. The number of nitrogens with zero attached hydrogens (tertiary/aromatic N) is 1. The van der Waals surface area contributed by atoms with Crippen molar-refractivity contribution in [3.8, 4) is 17.2 Å². The maximum atomic E-state index is 13.8. The van der Waals surface area contributed by atoms with E-state index < -0.39 is 34.5 Å². The first-order chi connectivity index (χ1) is 9.34. The molecule has 6 heteroatoms. The molecule has 20 heavy (non-hydrogen) atoms. The minimum Gasteiger partial charge on any atom is -0.206 e. The first-order valence-electron chi connectivity index (χ1n) is 5.31. The second-order valence-corrected chi connectivity index (χ2v) is 3.90. The third kappa shape index (κ3) is 2.48. The van der Waals surface area contributed by atoms with Crippen LogP contribution in [-0.4, -0.2) is 0 Å². The van der Waals surface area contributed by atoms with Gasteiger partial charge in [-0.15, -0.1) is 0 Å². The van der Waals surface area contributed by atoms with Crippen molar-refractivity contribution in [3.05, 3.63) is 59.2 Å². The van der Waals surface area contributed by atoms with Crippen LogP contribution in [0.2, 0.25) is 0 Å². The van der Waals surface area contributed by atoms with Crippen molar-refractivity contribution < 1.29 is 22.0 Å². The van der Waals surface area contributed by atoms with Crippen LogP contribution in [0.3, 0.4) is 0 Å². The quantitative estimate of drug-likeness (QED) is 0.714. The number of hydrogen-bond acceptors (Lipinski definition) is 1. The van der Waals surface area contributed by atoms with Gasteiger partial charge in [-0.3, -0.25) is 0 Å². The molecule has 2 rings (SSSR count). The molecule has 0 bridgehead atoms. The van der Waals surface area contributed by atoms with E-state index in [-0.39, 0.29) is 5.56 Å². The van der Waals surface area contributed by atoms with Crippen molar-refractivity contribution in [2.24, 2.45) is 0 Å². The number of hydrogen-bond donors (Lipinski definition) is 0. The van der Waals surface area contributed by atoms with E-state index in [0.29, 0.717) is 18.2 Å². The van der Waals surface area contributed by atoms with Crippen molar-refractivity contribution in [1.82, 2.24) is 0 Å². The van der Waals surface area contributed by atoms with E-state index in [1.807, 2.05) is 0 Å². The molecule has 2 aromatic rings. The maximum Gasteiger partial charge on any atom is 0.417 e. The lowest BCUT2D eigenvalue weighted by Crippen LogP contribution is -2.08. The summed E-state index contributed by atoms with van der Waals surface area (Å²) in [5, 5.41) is 8.56. The number of alkyl halides is 3. The highest BCUT2D eigenvalue weighted by Gasteiger charge is 2.34. The first kappa shape index (κ1) is 14.0. The van der Waals surface area contributed by atoms with E-state index in [9.17, 15) is 22.0 Å². The molecule has 0 amide bonds. The zero-order chi connectivity index (χ0) is 14.9. The predicted molar refractivity (Wildman–Crippen MR) is 60.3 cm³/mol. The average molecular weight is 282 g/mol. The van der Waals surface area contributed by atoms with E-state index in [4.69, 9.17) is 5.26 Å². The number of rotatable bonds is 1. The molecule has 0 saturated heterocycles. The molecule has 0 spiro atoms. The number of halogens is 5. The SMILES string of the molecule is N#Cc1cc(F)c(-c2cc[c]cc2C(F)(F)F)c(F)c1. The van der Waals surface area contributed by atoms with Crippen molar-refractivity contribution >= 4 is 0 Å². The van der Waals surface area contributed by atoms with Gasteiger partial charge in [0.2, 0.25) is 0 Å². The van der Waals surface area contributed by atoms with E-state index in [1.165, 1.54) is 6.07 Å². The molecular formula is C14H5F5N. The van der Waals surface area contributed by atoms with Crippen LogP contribution in [0.25, 0.3) is 11.1 Å². The fraction of sp³-hybridized carbons (Fsp3) is 0.0714. The molecule has 0 aliphatic carbocycles. The third-order valence-electron chi connectivity index (χ3n) is 2.61. The molecule has 101 valence electrons. The Morgan fingerprint density at radius 3 is 2.20 bits per heavy atom. The lowest BCUT2D eigenvalue weighted by atomic mass is 9.97. The van der Waals surface area contributed by atoms with Crippen LogP contribution in [0.1, 0.15) is 11.1 Å². The van der Waals surface area contributed by atoms with Crippen LogP contribution >= 0.6 is 0 Å². The number of nitriles is 1. The summed E-state index contributed by atoms with van der Waals surface area (Å²) in [5.74, 6) is -2.45. The summed E-state index contributed by atoms with van der Waals surface area (Å²) in [4.78, 5) is 0. The summed E-state index contributed by atoms with van der Waals surface area (Å²) in [6.07, 6.45) is -4.76. The van der Waals surface area contributed by atoms with E-state index in [1.54, 1.807) is 0 Å². The molecule has 0 atom stereocenters. The van der Waals surface area contributed by atoms with Crippen LogP contribution in [0.4, 0.5) is 22.0 Å². The summed E-state index contributed by atoms with van der Waals surface area (Å²) in [6.45, 7) is 0. The third-order valence-corrected chi connectivity index (χ3v) is 2.61. The summed E-state index contributed by atoms with van der Waals surface area (Å²) >= 11 is 0. The van der Waals surface area contributed by atoms with Gasteiger partial charge in [-0.2, -0.15) is 18.4 Å². The highest BCUT2D eigenvalue weighted by atomic mass is 19.4. The van der Waals surface area contributed by atoms with Gasteiger partial charge in [-0.05, 0) is 29.8 Å². The van der Waals surface area contributed by atoms with Gasteiger partial charge >= 0.3 is 6.18 Å². The first-order valence-corrected chi connectivity index (χ1v) is 5.31. The molecule has 0 aliphatic rings. The van der Waals surface area contributed by atoms with Gasteiger partial charge in [0.05, 0.1) is 22.8 Å². The van der Waals surface area contributed by atoms with Crippen LogP contribution < -0.4 is 0 Å². The predicted octanol–water partition coefficient (Wildman–Crippen LogP) is 4.32. The highest BCUT2D eigenvalue weighted by Crippen LogP contribution is 2.38. The van der Waals surface area contributed by atoms with Gasteiger partial charge in [0.1, 0.15) is 11.6 Å². The molecule has 2 aromatic carbocycles. The van der Waals surface area contributed by atoms with Gasteiger partial charge < -0.3 is 0 Å². The van der Waals surface area contributed by atoms with Gasteiger partial charge in [0.15, 0.2) is 0 Å². The molecule has 0 aromatic heterocycles. The van der Waals surface area contributed by atoms with E-state index in [0.717, 1.165) is 12.1 Å². The van der Waals surface area contributed by atoms with Crippen LogP contribution in [0.5, 0.6) is 0 Å². The molecule has 1 radical (unpaired) electrons. The standard InChI is InChI=1S/C14H5F5N/c15-11-5-8(7-20)6-12(16)13(11)9-3-1-2-4-10(9)14(17,18)19/h1,3-6H. The fourth-order valence-corrected chi connectivity index (χ4v) is 1.78. The summed E-state index contributed by atoms with van der Waals surface area (Å²) < 4.78 is 66.0. The van der Waals surface area contributed by atoms with E-state index in [2.05, 4.69) is 6.07 Å². The Kier molecular flexibility index (Phi) is 3.45. The molecule has 0 N–H and O–H groups in total. The zero-order valence-electron chi connectivity index (χ0n) is 9.72. The van der Waals surface area contributed by atoms with Gasteiger partial charge in [0.25, 0.3) is 0 Å². The summed E-state index contributed by atoms with van der Waals surface area (Å²) in [5.41, 5.74) is -2.94. The highest BCUT2D eigenvalue weighted by molar-refractivity contribution is 5.70. The molecule has 0 aliphatic heterocycles. The molecule has 0 heterocycles. The topological polar surface area (TPSA) is 23.8 Å². The Morgan fingerprint density at radius 1 is 1.10 bits per heavy atom. The minimum absolute atomic E-state index is 0.306. The lowest BCUT2D eigenvalue weighted by molar-refractivity contribution is -0.137. The van der Waals surface area contributed by atoms with Crippen molar-refractivity contribution in [2.75, 3.05) is 0 Å². The molecule has 0 fully saturated rings. The molecule has 0 unspecified atom stereocenters. The second kappa shape index (κ2) is 4.93. The monoisotopic (exact) mass is 282 g/mol. The minimum atomic E-state index is -4.76. The average Bonchev–Trinajstić information content (AvgIpc) is 2.37. The van der Waals surface area contributed by atoms with Crippen LogP contribution in [0.15, 0.2) is 30.3 Å². The fourth-order valence-electron chi connectivity index (χ4n) is 1.78. The van der Waals surface area contributed by atoms with Crippen molar-refractivity contribution in [3.63, 3.8) is 0 Å². The zero-order valence-corrected chi connectivity index (χ0v) is 9.72. The Labute approximate surface area is 110 Å². The van der Waals surface area contributed by atoms with Crippen molar-refractivity contribution in [2.45, 2.75) is 6.18 Å². The van der Waals surface area contributed by atoms with Crippen LogP contribution in [0, 0.1) is 29.0 Å². The maximum absolute atomic E-state index is 13.8. The molecule has 1 nitrogen and oxygen atoms in total. The normalized spacial score (nSPS) is 11.2. The van der Waals surface area contributed by atoms with Gasteiger partial charge in [-0.1, -0.05) is 12.1 Å². The summed E-state index contributed by atoms with van der Waals surface area (Å²) in [6, 6.07) is 7.80. The Bertz CT molecular complexity index is 674. The number of benzene rings is 2. The Hall–Kier alpha value is -2.42. The largest absolute Gasteiger partial charge is 0.417 e. The second-order valence-electron chi connectivity index (χ2n) is 3.90. The Morgan fingerprint density at radius 2 is 1.70 bits per heavy atom. The van der Waals surface area contributed by atoms with E-state index >= 15 is 0 Å². The van der Waals surface area contributed by atoms with Crippen LogP contribution in [-0.2, 0) is 6.18 Å². The molecular weight excluding hydrogens is 277 g/mol. The van der Waals surface area contributed by atoms with Gasteiger partial charge in [-0.25, -0.2) is 8.78 Å². The van der Waals surface area contributed by atoms with Crippen molar-refractivity contribution in [1.29, 1.82) is 5.26 Å². The Balaban J connectivity index is 2.74. The smallest absolute Gasteiger partial charge is 0.206 e. The van der Waals surface area contributed by atoms with Gasteiger partial charge in [0, 0.05) is 0 Å².